The van der Waals surface area contributed by atoms with E-state index in [4.69, 9.17) is 5.73 Å². The standard InChI is InChI=1S/C15H24N4O2/c1-11(2)18(10-12-5-3-4-8-17-12)13-6-7-15(19(20)21)14(16)9-13/h6-7,9,11-12,17H,3-5,8,10,16H2,1-2H3. The molecule has 116 valence electrons. The van der Waals surface area contributed by atoms with Crippen molar-refractivity contribution in [3.05, 3.63) is 28.3 Å². The van der Waals surface area contributed by atoms with Gasteiger partial charge in [0.2, 0.25) is 0 Å². The predicted octanol–water partition coefficient (Wildman–Crippen LogP) is 2.53. The van der Waals surface area contributed by atoms with Gasteiger partial charge in [-0.3, -0.25) is 10.1 Å². The summed E-state index contributed by atoms with van der Waals surface area (Å²) < 4.78 is 0. The van der Waals surface area contributed by atoms with Gasteiger partial charge < -0.3 is 16.0 Å². The molecule has 0 aliphatic carbocycles. The molecule has 1 saturated heterocycles. The number of piperidine rings is 1. The number of benzene rings is 1. The van der Waals surface area contributed by atoms with Gasteiger partial charge in [-0.15, -0.1) is 0 Å². The fourth-order valence-electron chi connectivity index (χ4n) is 2.82. The Morgan fingerprint density at radius 2 is 2.24 bits per heavy atom. The van der Waals surface area contributed by atoms with Crippen molar-refractivity contribution in [3.8, 4) is 0 Å². The largest absolute Gasteiger partial charge is 0.393 e. The van der Waals surface area contributed by atoms with Crippen LogP contribution in [0.5, 0.6) is 0 Å². The van der Waals surface area contributed by atoms with Gasteiger partial charge in [0.15, 0.2) is 0 Å². The van der Waals surface area contributed by atoms with Crippen molar-refractivity contribution in [2.24, 2.45) is 0 Å². The summed E-state index contributed by atoms with van der Waals surface area (Å²) in [5.41, 5.74) is 6.95. The average Bonchev–Trinajstić information content (AvgIpc) is 2.45. The minimum Gasteiger partial charge on any atom is -0.393 e. The van der Waals surface area contributed by atoms with Gasteiger partial charge in [-0.1, -0.05) is 6.42 Å². The summed E-state index contributed by atoms with van der Waals surface area (Å²) in [6.45, 7) is 6.22. The summed E-state index contributed by atoms with van der Waals surface area (Å²) >= 11 is 0. The van der Waals surface area contributed by atoms with E-state index >= 15 is 0 Å². The van der Waals surface area contributed by atoms with Crippen LogP contribution in [-0.4, -0.2) is 30.1 Å². The molecule has 0 radical (unpaired) electrons. The van der Waals surface area contributed by atoms with Crippen molar-refractivity contribution in [1.29, 1.82) is 0 Å². The SMILES string of the molecule is CC(C)N(CC1CCCCN1)c1ccc([N+](=O)[O-])c(N)c1. The fraction of sp³-hybridized carbons (Fsp3) is 0.600. The molecule has 0 bridgehead atoms. The molecule has 1 aromatic carbocycles. The third-order valence-corrected chi connectivity index (χ3v) is 3.99. The molecule has 1 unspecified atom stereocenters. The maximum Gasteiger partial charge on any atom is 0.292 e. The first-order chi connectivity index (χ1) is 9.99. The zero-order valence-electron chi connectivity index (χ0n) is 12.7. The first-order valence-corrected chi connectivity index (χ1v) is 7.53. The van der Waals surface area contributed by atoms with E-state index in [2.05, 4.69) is 24.1 Å². The molecule has 1 heterocycles. The molecule has 0 saturated carbocycles. The molecule has 2 rings (SSSR count). The van der Waals surface area contributed by atoms with Crippen molar-refractivity contribution in [2.45, 2.75) is 45.2 Å². The van der Waals surface area contributed by atoms with Gasteiger partial charge in [0.25, 0.3) is 5.69 Å². The van der Waals surface area contributed by atoms with Crippen molar-refractivity contribution in [3.63, 3.8) is 0 Å². The zero-order chi connectivity index (χ0) is 15.4. The molecular formula is C15H24N4O2. The Balaban J connectivity index is 2.17. The number of rotatable bonds is 5. The lowest BCUT2D eigenvalue weighted by Crippen LogP contribution is -2.46. The van der Waals surface area contributed by atoms with Crippen molar-refractivity contribution < 1.29 is 4.92 Å². The van der Waals surface area contributed by atoms with Gasteiger partial charge in [0.1, 0.15) is 5.69 Å². The second kappa shape index (κ2) is 6.76. The van der Waals surface area contributed by atoms with E-state index in [9.17, 15) is 10.1 Å². The summed E-state index contributed by atoms with van der Waals surface area (Å²) in [4.78, 5) is 12.7. The van der Waals surface area contributed by atoms with Crippen LogP contribution < -0.4 is 16.0 Å². The van der Waals surface area contributed by atoms with Crippen LogP contribution >= 0.6 is 0 Å². The predicted molar refractivity (Wildman–Crippen MR) is 85.6 cm³/mol. The highest BCUT2D eigenvalue weighted by Gasteiger charge is 2.21. The lowest BCUT2D eigenvalue weighted by Gasteiger charge is -2.35. The quantitative estimate of drug-likeness (QED) is 0.495. The van der Waals surface area contributed by atoms with Gasteiger partial charge in [-0.25, -0.2) is 0 Å². The monoisotopic (exact) mass is 292 g/mol. The molecule has 21 heavy (non-hydrogen) atoms. The first-order valence-electron chi connectivity index (χ1n) is 7.53. The Labute approximate surface area is 125 Å². The first kappa shape index (κ1) is 15.6. The Hall–Kier alpha value is -1.82. The lowest BCUT2D eigenvalue weighted by molar-refractivity contribution is -0.383. The van der Waals surface area contributed by atoms with Gasteiger partial charge in [-0.2, -0.15) is 0 Å². The Morgan fingerprint density at radius 3 is 2.76 bits per heavy atom. The molecule has 0 spiro atoms. The van der Waals surface area contributed by atoms with E-state index in [1.807, 2.05) is 0 Å². The van der Waals surface area contributed by atoms with Crippen LogP contribution in [0.4, 0.5) is 17.1 Å². The number of nitro groups is 1. The van der Waals surface area contributed by atoms with Gasteiger partial charge in [0.05, 0.1) is 4.92 Å². The summed E-state index contributed by atoms with van der Waals surface area (Å²) in [6, 6.07) is 5.78. The maximum atomic E-state index is 10.9. The number of hydrogen-bond acceptors (Lipinski definition) is 5. The third-order valence-electron chi connectivity index (χ3n) is 3.99. The van der Waals surface area contributed by atoms with Gasteiger partial charge in [0, 0.05) is 30.4 Å². The van der Waals surface area contributed by atoms with E-state index in [1.54, 1.807) is 12.1 Å². The minimum absolute atomic E-state index is 0.0294. The van der Waals surface area contributed by atoms with Crippen LogP contribution in [0.25, 0.3) is 0 Å². The molecule has 0 amide bonds. The van der Waals surface area contributed by atoms with E-state index in [0.29, 0.717) is 12.1 Å². The number of nitro benzene ring substituents is 1. The number of nitrogen functional groups attached to an aromatic ring is 1. The highest BCUT2D eigenvalue weighted by Crippen LogP contribution is 2.28. The molecule has 1 aromatic rings. The van der Waals surface area contributed by atoms with Gasteiger partial charge in [-0.05, 0) is 45.4 Å². The van der Waals surface area contributed by atoms with Crippen LogP contribution in [0, 0.1) is 10.1 Å². The highest BCUT2D eigenvalue weighted by molar-refractivity contribution is 5.66. The van der Waals surface area contributed by atoms with E-state index in [0.717, 1.165) is 18.8 Å². The lowest BCUT2D eigenvalue weighted by atomic mass is 10.0. The summed E-state index contributed by atoms with van der Waals surface area (Å²) in [6.07, 6.45) is 3.67. The number of nitrogens with one attached hydrogen (secondary N) is 1. The molecule has 6 nitrogen and oxygen atoms in total. The van der Waals surface area contributed by atoms with Crippen LogP contribution in [-0.2, 0) is 0 Å². The van der Waals surface area contributed by atoms with Crippen LogP contribution in [0.1, 0.15) is 33.1 Å². The molecule has 3 N–H and O–H groups in total. The van der Waals surface area contributed by atoms with Crippen molar-refractivity contribution >= 4 is 17.1 Å². The van der Waals surface area contributed by atoms with Crippen molar-refractivity contribution in [1.82, 2.24) is 5.32 Å². The van der Waals surface area contributed by atoms with Crippen LogP contribution in [0.3, 0.4) is 0 Å². The maximum absolute atomic E-state index is 10.9. The zero-order valence-corrected chi connectivity index (χ0v) is 12.7. The topological polar surface area (TPSA) is 84.4 Å². The summed E-state index contributed by atoms with van der Waals surface area (Å²) in [5, 5.41) is 14.4. The van der Waals surface area contributed by atoms with E-state index in [1.165, 1.54) is 25.3 Å². The Bertz CT molecular complexity index is 498. The average molecular weight is 292 g/mol. The number of nitrogens with two attached hydrogens (primary N) is 1. The molecular weight excluding hydrogens is 268 g/mol. The second-order valence-corrected chi connectivity index (χ2v) is 5.89. The number of hydrogen-bond donors (Lipinski definition) is 2. The molecule has 1 atom stereocenters. The minimum atomic E-state index is -0.443. The normalized spacial score (nSPS) is 18.7. The van der Waals surface area contributed by atoms with Gasteiger partial charge >= 0.3 is 0 Å². The highest BCUT2D eigenvalue weighted by atomic mass is 16.6. The molecule has 1 fully saturated rings. The molecule has 6 heteroatoms. The van der Waals surface area contributed by atoms with E-state index in [-0.39, 0.29) is 11.4 Å². The summed E-state index contributed by atoms with van der Waals surface area (Å²) in [7, 11) is 0. The molecule has 0 aromatic heterocycles. The summed E-state index contributed by atoms with van der Waals surface area (Å²) in [5.74, 6) is 0. The number of nitrogens with zero attached hydrogens (tertiary/aromatic N) is 2. The fourth-order valence-corrected chi connectivity index (χ4v) is 2.82. The van der Waals surface area contributed by atoms with E-state index < -0.39 is 4.92 Å². The Kier molecular flexibility index (Phi) is 5.01. The Morgan fingerprint density at radius 1 is 1.48 bits per heavy atom. The smallest absolute Gasteiger partial charge is 0.292 e. The second-order valence-electron chi connectivity index (χ2n) is 5.89. The van der Waals surface area contributed by atoms with Crippen molar-refractivity contribution in [2.75, 3.05) is 23.7 Å². The van der Waals surface area contributed by atoms with Crippen LogP contribution in [0.15, 0.2) is 18.2 Å². The molecule has 1 aliphatic heterocycles. The molecule has 1 aliphatic rings. The van der Waals surface area contributed by atoms with Crippen LogP contribution in [0.2, 0.25) is 0 Å². The number of anilines is 2. The third kappa shape index (κ3) is 3.85.